The number of aromatic nitrogens is 1. The Bertz CT molecular complexity index is 570. The number of rotatable bonds is 4. The zero-order chi connectivity index (χ0) is 13.1. The van der Waals surface area contributed by atoms with Gasteiger partial charge in [0.1, 0.15) is 5.82 Å². The molecular formula is C11H12FN3O3. The number of carbonyl (C=O) groups is 1. The summed E-state index contributed by atoms with van der Waals surface area (Å²) < 4.78 is 13.0. The summed E-state index contributed by atoms with van der Waals surface area (Å²) in [5, 5.41) is 20.5. The van der Waals surface area contributed by atoms with Crippen molar-refractivity contribution in [2.75, 3.05) is 6.54 Å². The normalized spacial score (nSPS) is 12.6. The highest BCUT2D eigenvalue weighted by atomic mass is 19.1. The molecule has 1 unspecified atom stereocenters. The first-order valence-electron chi connectivity index (χ1n) is 5.24. The fourth-order valence-corrected chi connectivity index (χ4v) is 1.82. The molecule has 2 aromatic rings. The van der Waals surface area contributed by atoms with Gasteiger partial charge in [-0.05, 0) is 23.8 Å². The molecular weight excluding hydrogens is 241 g/mol. The number of benzene rings is 1. The second kappa shape index (κ2) is 5.03. The third kappa shape index (κ3) is 2.41. The Kier molecular flexibility index (Phi) is 3.45. The second-order valence-electron chi connectivity index (χ2n) is 3.80. The van der Waals surface area contributed by atoms with Crippen molar-refractivity contribution in [3.8, 4) is 0 Å². The van der Waals surface area contributed by atoms with Crippen LogP contribution in [0.2, 0.25) is 0 Å². The van der Waals surface area contributed by atoms with Gasteiger partial charge >= 0.3 is 6.09 Å². The number of carboxylic acid groups (broad SMARTS) is 1. The fourth-order valence-electron chi connectivity index (χ4n) is 1.82. The van der Waals surface area contributed by atoms with Crippen molar-refractivity contribution in [1.29, 1.82) is 0 Å². The second-order valence-corrected chi connectivity index (χ2v) is 3.80. The lowest BCUT2D eigenvalue weighted by molar-refractivity contribution is 0.124. The van der Waals surface area contributed by atoms with E-state index in [2.05, 4.69) is 10.3 Å². The van der Waals surface area contributed by atoms with Gasteiger partial charge in [0.2, 0.25) is 0 Å². The molecule has 96 valence electrons. The summed E-state index contributed by atoms with van der Waals surface area (Å²) in [6, 6.07) is 3.60. The predicted octanol–water partition coefficient (Wildman–Crippen LogP) is 1.59. The Balaban J connectivity index is 2.30. The minimum atomic E-state index is -1.18. The van der Waals surface area contributed by atoms with Gasteiger partial charge in [0, 0.05) is 23.6 Å². The molecule has 2 rings (SSSR count). The van der Waals surface area contributed by atoms with Crippen LogP contribution in [0.4, 0.5) is 9.18 Å². The van der Waals surface area contributed by atoms with Crippen molar-refractivity contribution in [3.63, 3.8) is 0 Å². The van der Waals surface area contributed by atoms with Gasteiger partial charge < -0.3 is 20.6 Å². The first-order valence-corrected chi connectivity index (χ1v) is 5.24. The summed E-state index contributed by atoms with van der Waals surface area (Å²) in [5.41, 5.74) is 3.26. The van der Waals surface area contributed by atoms with E-state index in [4.69, 9.17) is 10.3 Å². The van der Waals surface area contributed by atoms with Crippen LogP contribution in [0.3, 0.4) is 0 Å². The van der Waals surface area contributed by atoms with Crippen molar-refractivity contribution in [1.82, 2.24) is 15.8 Å². The Labute approximate surface area is 101 Å². The van der Waals surface area contributed by atoms with E-state index >= 15 is 0 Å². The van der Waals surface area contributed by atoms with E-state index < -0.39 is 12.1 Å². The lowest BCUT2D eigenvalue weighted by atomic mass is 10.1. The van der Waals surface area contributed by atoms with Crippen LogP contribution in [-0.4, -0.2) is 27.9 Å². The summed E-state index contributed by atoms with van der Waals surface area (Å²) in [6.45, 7) is -0.00381. The highest BCUT2D eigenvalue weighted by Crippen LogP contribution is 2.24. The highest BCUT2D eigenvalue weighted by molar-refractivity contribution is 5.83. The lowest BCUT2D eigenvalue weighted by Gasteiger charge is -2.14. The Morgan fingerprint density at radius 3 is 2.94 bits per heavy atom. The molecule has 0 bridgehead atoms. The van der Waals surface area contributed by atoms with Crippen molar-refractivity contribution in [2.45, 2.75) is 6.04 Å². The van der Waals surface area contributed by atoms with Crippen molar-refractivity contribution in [3.05, 3.63) is 35.8 Å². The SMILES string of the molecule is O=C(O)NCC(NO)c1c[nH]c2cc(F)ccc12. The molecule has 0 aliphatic heterocycles. The molecule has 6 nitrogen and oxygen atoms in total. The first kappa shape index (κ1) is 12.3. The molecule has 0 saturated carbocycles. The summed E-state index contributed by atoms with van der Waals surface area (Å²) in [4.78, 5) is 13.3. The molecule has 7 heteroatoms. The molecule has 0 saturated heterocycles. The van der Waals surface area contributed by atoms with Crippen molar-refractivity contribution < 1.29 is 19.5 Å². The van der Waals surface area contributed by atoms with Crippen molar-refractivity contribution >= 4 is 17.0 Å². The molecule has 1 atom stereocenters. The van der Waals surface area contributed by atoms with Crippen LogP contribution >= 0.6 is 0 Å². The van der Waals surface area contributed by atoms with Gasteiger partial charge in [0.25, 0.3) is 0 Å². The van der Waals surface area contributed by atoms with Crippen LogP contribution in [0.1, 0.15) is 11.6 Å². The molecule has 0 aliphatic rings. The summed E-state index contributed by atoms with van der Waals surface area (Å²) >= 11 is 0. The molecule has 0 spiro atoms. The Morgan fingerprint density at radius 1 is 1.50 bits per heavy atom. The largest absolute Gasteiger partial charge is 0.465 e. The topological polar surface area (TPSA) is 97.4 Å². The lowest BCUT2D eigenvalue weighted by Crippen LogP contribution is -2.32. The smallest absolute Gasteiger partial charge is 0.404 e. The minimum Gasteiger partial charge on any atom is -0.465 e. The quantitative estimate of drug-likeness (QED) is 0.534. The summed E-state index contributed by atoms with van der Waals surface area (Å²) in [6.07, 6.45) is 0.419. The van der Waals surface area contributed by atoms with E-state index in [1.807, 2.05) is 5.48 Å². The summed E-state index contributed by atoms with van der Waals surface area (Å²) in [7, 11) is 0. The average Bonchev–Trinajstić information content (AvgIpc) is 2.73. The van der Waals surface area contributed by atoms with Crippen LogP contribution in [-0.2, 0) is 0 Å². The Morgan fingerprint density at radius 2 is 2.28 bits per heavy atom. The number of fused-ring (bicyclic) bond motifs is 1. The zero-order valence-electron chi connectivity index (χ0n) is 9.27. The molecule has 1 amide bonds. The number of nitrogens with one attached hydrogen (secondary N) is 3. The summed E-state index contributed by atoms with van der Waals surface area (Å²) in [5.74, 6) is -0.368. The van der Waals surface area contributed by atoms with E-state index in [-0.39, 0.29) is 12.4 Å². The van der Waals surface area contributed by atoms with E-state index in [1.54, 1.807) is 12.3 Å². The number of hydroxylamine groups is 1. The van der Waals surface area contributed by atoms with Gasteiger partial charge in [-0.1, -0.05) is 0 Å². The number of H-pyrrole nitrogens is 1. The number of aromatic amines is 1. The van der Waals surface area contributed by atoms with Crippen LogP contribution in [0.15, 0.2) is 24.4 Å². The van der Waals surface area contributed by atoms with E-state index in [0.29, 0.717) is 11.1 Å². The molecule has 5 N–H and O–H groups in total. The minimum absolute atomic E-state index is 0.00381. The van der Waals surface area contributed by atoms with Crippen LogP contribution in [0.25, 0.3) is 10.9 Å². The van der Waals surface area contributed by atoms with Gasteiger partial charge in [0.05, 0.1) is 6.04 Å². The fraction of sp³-hybridized carbons (Fsp3) is 0.182. The van der Waals surface area contributed by atoms with Gasteiger partial charge in [-0.3, -0.25) is 0 Å². The third-order valence-electron chi connectivity index (χ3n) is 2.66. The zero-order valence-corrected chi connectivity index (χ0v) is 9.27. The van der Waals surface area contributed by atoms with Crippen LogP contribution < -0.4 is 10.8 Å². The molecule has 18 heavy (non-hydrogen) atoms. The maximum absolute atomic E-state index is 13.0. The maximum atomic E-state index is 13.0. The van der Waals surface area contributed by atoms with E-state index in [9.17, 15) is 9.18 Å². The third-order valence-corrected chi connectivity index (χ3v) is 2.66. The van der Waals surface area contributed by atoms with Gasteiger partial charge in [-0.2, -0.15) is 5.48 Å². The standard InChI is InChI=1S/C11H12FN3O3/c12-6-1-2-7-8(4-13-9(7)3-6)10(15-18)5-14-11(16)17/h1-4,10,13-15,18H,5H2,(H,16,17). The average molecular weight is 253 g/mol. The molecule has 1 aromatic heterocycles. The van der Waals surface area contributed by atoms with Crippen molar-refractivity contribution in [2.24, 2.45) is 0 Å². The molecule has 1 heterocycles. The predicted molar refractivity (Wildman–Crippen MR) is 61.9 cm³/mol. The molecule has 0 radical (unpaired) electrons. The number of hydrogen-bond acceptors (Lipinski definition) is 3. The molecule has 0 aliphatic carbocycles. The van der Waals surface area contributed by atoms with E-state index in [0.717, 1.165) is 5.39 Å². The molecule has 0 fully saturated rings. The van der Waals surface area contributed by atoms with Gasteiger partial charge in [0.15, 0.2) is 0 Å². The van der Waals surface area contributed by atoms with Crippen LogP contribution in [0.5, 0.6) is 0 Å². The number of amides is 1. The van der Waals surface area contributed by atoms with Gasteiger partial charge in [-0.15, -0.1) is 0 Å². The van der Waals surface area contributed by atoms with Gasteiger partial charge in [-0.25, -0.2) is 9.18 Å². The molecule has 1 aromatic carbocycles. The number of hydrogen-bond donors (Lipinski definition) is 5. The maximum Gasteiger partial charge on any atom is 0.404 e. The Hall–Kier alpha value is -2.12. The number of halogens is 1. The first-order chi connectivity index (χ1) is 8.61. The monoisotopic (exact) mass is 253 g/mol. The van der Waals surface area contributed by atoms with E-state index in [1.165, 1.54) is 12.1 Å². The highest BCUT2D eigenvalue weighted by Gasteiger charge is 2.16. The van der Waals surface area contributed by atoms with Crippen LogP contribution in [0, 0.1) is 5.82 Å².